The number of ether oxygens (including phenoxy) is 1. The van der Waals surface area contributed by atoms with Gasteiger partial charge < -0.3 is 10.1 Å². The third-order valence-electron chi connectivity index (χ3n) is 6.07. The maximum Gasteiger partial charge on any atom is 0.308 e. The van der Waals surface area contributed by atoms with Crippen LogP contribution < -0.4 is 5.32 Å². The van der Waals surface area contributed by atoms with E-state index >= 15 is 0 Å². The Morgan fingerprint density at radius 3 is 2.45 bits per heavy atom. The van der Waals surface area contributed by atoms with Crippen LogP contribution in [0.4, 0.5) is 0 Å². The minimum Gasteiger partial charge on any atom is -0.462 e. The van der Waals surface area contributed by atoms with Gasteiger partial charge in [0.15, 0.2) is 0 Å². The van der Waals surface area contributed by atoms with Gasteiger partial charge in [0.25, 0.3) is 0 Å². The Bertz CT molecular complexity index is 759. The Balaban J connectivity index is 0.00000240. The molecule has 4 nitrogen and oxygen atoms in total. The van der Waals surface area contributed by atoms with Crippen LogP contribution in [0.25, 0.3) is 0 Å². The first kappa shape index (κ1) is 27.4. The molecule has 2 aromatic rings. The van der Waals surface area contributed by atoms with Crippen LogP contribution in [0.1, 0.15) is 63.8 Å². The second-order valence-corrected chi connectivity index (χ2v) is 8.72. The summed E-state index contributed by atoms with van der Waals surface area (Å²) >= 11 is 0. The molecule has 31 heavy (non-hydrogen) atoms. The van der Waals surface area contributed by atoms with Gasteiger partial charge in [0.1, 0.15) is 6.10 Å². The number of hydrogen-bond donors (Lipinski definition) is 1. The van der Waals surface area contributed by atoms with Gasteiger partial charge in [-0.15, -0.1) is 24.8 Å². The minimum atomic E-state index is -0.114. The van der Waals surface area contributed by atoms with Crippen molar-refractivity contribution in [2.75, 3.05) is 0 Å². The van der Waals surface area contributed by atoms with Crippen LogP contribution in [-0.4, -0.2) is 17.1 Å². The Morgan fingerprint density at radius 1 is 1.10 bits per heavy atom. The van der Waals surface area contributed by atoms with Gasteiger partial charge in [-0.2, -0.15) is 0 Å². The highest BCUT2D eigenvalue weighted by atomic mass is 35.5. The summed E-state index contributed by atoms with van der Waals surface area (Å²) in [6, 6.07) is 15.9. The van der Waals surface area contributed by atoms with E-state index in [1.165, 1.54) is 6.42 Å². The SMILES string of the molecule is CC(C)[C@@H]1CC[C@@H](C)C[C@H]1OC(=O)CC(NCc1ccccn1)c1ccccc1.Cl.Cl. The van der Waals surface area contributed by atoms with E-state index < -0.39 is 0 Å². The molecule has 1 aromatic carbocycles. The lowest BCUT2D eigenvalue weighted by atomic mass is 9.75. The summed E-state index contributed by atoms with van der Waals surface area (Å²) in [6.45, 7) is 7.35. The molecule has 1 aromatic heterocycles. The number of hydrogen-bond acceptors (Lipinski definition) is 4. The monoisotopic (exact) mass is 466 g/mol. The first-order valence-electron chi connectivity index (χ1n) is 10.9. The average molecular weight is 467 g/mol. The molecule has 0 amide bonds. The number of esters is 1. The van der Waals surface area contributed by atoms with Gasteiger partial charge in [0, 0.05) is 18.8 Å². The van der Waals surface area contributed by atoms with Crippen LogP contribution in [-0.2, 0) is 16.1 Å². The standard InChI is InChI=1S/C25H34N2O2.2ClH/c1-18(2)22-13-12-19(3)15-24(22)29-25(28)16-23(20-9-5-4-6-10-20)27-17-21-11-7-8-14-26-21;;/h4-11,14,18-19,22-24,27H,12-13,15-17H2,1-3H3;2*1H/t19-,22+,23?,24-;;/m1../s1. The molecule has 1 fully saturated rings. The van der Waals surface area contributed by atoms with Crippen LogP contribution in [0.3, 0.4) is 0 Å². The van der Waals surface area contributed by atoms with Crippen molar-refractivity contribution in [1.82, 2.24) is 10.3 Å². The largest absolute Gasteiger partial charge is 0.462 e. The van der Waals surface area contributed by atoms with Gasteiger partial charge in [-0.1, -0.05) is 63.6 Å². The van der Waals surface area contributed by atoms with E-state index in [0.717, 1.165) is 24.1 Å². The molecule has 1 aliphatic rings. The molecular weight excluding hydrogens is 431 g/mol. The highest BCUT2D eigenvalue weighted by Crippen LogP contribution is 2.35. The maximum atomic E-state index is 12.9. The van der Waals surface area contributed by atoms with Crippen molar-refractivity contribution in [1.29, 1.82) is 0 Å². The van der Waals surface area contributed by atoms with Crippen LogP contribution in [0.15, 0.2) is 54.7 Å². The molecule has 1 unspecified atom stereocenters. The van der Waals surface area contributed by atoms with Crippen molar-refractivity contribution in [3.8, 4) is 0 Å². The zero-order valence-corrected chi connectivity index (χ0v) is 20.3. The number of aromatic nitrogens is 1. The Labute approximate surface area is 199 Å². The molecule has 172 valence electrons. The lowest BCUT2D eigenvalue weighted by molar-refractivity contribution is -0.156. The maximum absolute atomic E-state index is 12.9. The fraction of sp³-hybridized carbons (Fsp3) is 0.520. The molecule has 0 spiro atoms. The quantitative estimate of drug-likeness (QED) is 0.473. The summed E-state index contributed by atoms with van der Waals surface area (Å²) in [6.07, 6.45) is 5.52. The summed E-state index contributed by atoms with van der Waals surface area (Å²) < 4.78 is 6.05. The lowest BCUT2D eigenvalue weighted by Crippen LogP contribution is -2.36. The number of benzene rings is 1. The van der Waals surface area contributed by atoms with E-state index in [0.29, 0.717) is 30.7 Å². The molecule has 0 radical (unpaired) electrons. The van der Waals surface area contributed by atoms with Gasteiger partial charge in [0.05, 0.1) is 12.1 Å². The molecule has 0 aliphatic heterocycles. The Morgan fingerprint density at radius 2 is 1.81 bits per heavy atom. The Kier molecular flexibility index (Phi) is 12.1. The molecule has 6 heteroatoms. The predicted molar refractivity (Wildman–Crippen MR) is 131 cm³/mol. The van der Waals surface area contributed by atoms with E-state index in [2.05, 4.69) is 43.2 Å². The topological polar surface area (TPSA) is 51.2 Å². The smallest absolute Gasteiger partial charge is 0.308 e. The Hall–Kier alpha value is -1.62. The van der Waals surface area contributed by atoms with E-state index in [-0.39, 0.29) is 42.9 Å². The van der Waals surface area contributed by atoms with E-state index in [9.17, 15) is 4.79 Å². The van der Waals surface area contributed by atoms with Crippen molar-refractivity contribution >= 4 is 30.8 Å². The van der Waals surface area contributed by atoms with Gasteiger partial charge >= 0.3 is 5.97 Å². The highest BCUT2D eigenvalue weighted by Gasteiger charge is 2.33. The molecule has 0 bridgehead atoms. The van der Waals surface area contributed by atoms with Gasteiger partial charge in [-0.25, -0.2) is 0 Å². The number of halogens is 2. The van der Waals surface area contributed by atoms with E-state index in [1.54, 1.807) is 6.20 Å². The lowest BCUT2D eigenvalue weighted by Gasteiger charge is -2.37. The summed E-state index contributed by atoms with van der Waals surface area (Å²) in [5.41, 5.74) is 2.06. The van der Waals surface area contributed by atoms with Gasteiger partial charge in [-0.05, 0) is 48.3 Å². The molecule has 3 rings (SSSR count). The molecule has 1 heterocycles. The fourth-order valence-corrected chi connectivity index (χ4v) is 4.36. The zero-order valence-electron chi connectivity index (χ0n) is 18.7. The second-order valence-electron chi connectivity index (χ2n) is 8.72. The molecular formula is C25H36Cl2N2O2. The third-order valence-corrected chi connectivity index (χ3v) is 6.07. The van der Waals surface area contributed by atoms with Crippen LogP contribution in [0.2, 0.25) is 0 Å². The summed E-state index contributed by atoms with van der Waals surface area (Å²) in [4.78, 5) is 17.3. The molecule has 0 saturated heterocycles. The summed E-state index contributed by atoms with van der Waals surface area (Å²) in [5, 5.41) is 3.50. The van der Waals surface area contributed by atoms with Crippen molar-refractivity contribution in [2.45, 2.75) is 65.1 Å². The predicted octanol–water partition coefficient (Wildman–Crippen LogP) is 6.15. The van der Waals surface area contributed by atoms with Gasteiger partial charge in [0.2, 0.25) is 0 Å². The van der Waals surface area contributed by atoms with Crippen LogP contribution in [0, 0.1) is 17.8 Å². The summed E-state index contributed by atoms with van der Waals surface area (Å²) in [5.74, 6) is 1.51. The van der Waals surface area contributed by atoms with Crippen molar-refractivity contribution in [3.63, 3.8) is 0 Å². The highest BCUT2D eigenvalue weighted by molar-refractivity contribution is 5.85. The number of carbonyl (C=O) groups excluding carboxylic acids is 1. The van der Waals surface area contributed by atoms with Crippen LogP contribution in [0.5, 0.6) is 0 Å². The fourth-order valence-electron chi connectivity index (χ4n) is 4.36. The van der Waals surface area contributed by atoms with Gasteiger partial charge in [-0.3, -0.25) is 9.78 Å². The number of rotatable bonds is 8. The number of carbonyl (C=O) groups is 1. The van der Waals surface area contributed by atoms with Crippen LogP contribution >= 0.6 is 24.8 Å². The summed E-state index contributed by atoms with van der Waals surface area (Å²) in [7, 11) is 0. The van der Waals surface area contributed by atoms with Crippen molar-refractivity contribution in [3.05, 3.63) is 66.0 Å². The molecule has 1 saturated carbocycles. The molecule has 1 aliphatic carbocycles. The first-order chi connectivity index (χ1) is 14.0. The van der Waals surface area contributed by atoms with E-state index in [4.69, 9.17) is 4.74 Å². The second kappa shape index (κ2) is 13.7. The van der Waals surface area contributed by atoms with Crippen molar-refractivity contribution in [2.24, 2.45) is 17.8 Å². The molecule has 4 atom stereocenters. The average Bonchev–Trinajstić information content (AvgIpc) is 2.72. The normalized spacial score (nSPS) is 21.5. The van der Waals surface area contributed by atoms with Crippen molar-refractivity contribution < 1.29 is 9.53 Å². The minimum absolute atomic E-state index is 0. The number of nitrogens with one attached hydrogen (secondary N) is 1. The zero-order chi connectivity index (χ0) is 20.6. The first-order valence-corrected chi connectivity index (χ1v) is 10.9. The molecule has 1 N–H and O–H groups in total. The number of nitrogens with zero attached hydrogens (tertiary/aromatic N) is 1. The third kappa shape index (κ3) is 8.44. The van der Waals surface area contributed by atoms with E-state index in [1.807, 2.05) is 36.4 Å². The number of pyridine rings is 1.